The fourth-order valence-corrected chi connectivity index (χ4v) is 5.42. The van der Waals surface area contributed by atoms with E-state index in [0.29, 0.717) is 18.9 Å². The Balaban J connectivity index is 0.00000158. The number of hydrogen-bond donors (Lipinski definition) is 0. The van der Waals surface area contributed by atoms with Crippen LogP contribution in [0.25, 0.3) is 11.1 Å². The molecule has 5 nitrogen and oxygen atoms in total. The maximum absolute atomic E-state index is 13.1. The molecule has 3 aliphatic rings. The third kappa shape index (κ3) is 5.14. The number of amides is 2. The topological polar surface area (TPSA) is 43.9 Å². The van der Waals surface area contributed by atoms with E-state index in [1.165, 1.54) is 27.8 Å². The Morgan fingerprint density at radius 2 is 1.85 bits per heavy atom. The summed E-state index contributed by atoms with van der Waals surface area (Å²) < 4.78 is 0. The molecular formula is C29H43N3O2. The number of benzene rings is 1. The summed E-state index contributed by atoms with van der Waals surface area (Å²) in [7, 11) is 2.13. The van der Waals surface area contributed by atoms with Crippen LogP contribution in [0, 0.1) is 11.8 Å². The molecule has 0 N–H and O–H groups in total. The van der Waals surface area contributed by atoms with Crippen LogP contribution in [0.15, 0.2) is 30.5 Å². The highest BCUT2D eigenvalue weighted by Gasteiger charge is 2.39. The molecule has 2 heterocycles. The highest BCUT2D eigenvalue weighted by molar-refractivity contribution is 5.93. The Morgan fingerprint density at radius 1 is 1.15 bits per heavy atom. The predicted octanol–water partition coefficient (Wildman–Crippen LogP) is 5.42. The third-order valence-corrected chi connectivity index (χ3v) is 7.25. The number of fused-ring (bicyclic) bond motifs is 2. The minimum atomic E-state index is -0.106. The Kier molecular flexibility index (Phi) is 8.75. The monoisotopic (exact) mass is 465 g/mol. The van der Waals surface area contributed by atoms with Crippen molar-refractivity contribution in [3.05, 3.63) is 47.2 Å². The van der Waals surface area contributed by atoms with E-state index in [4.69, 9.17) is 0 Å². The lowest BCUT2D eigenvalue weighted by Gasteiger charge is -2.43. The molecule has 5 heteroatoms. The highest BCUT2D eigenvalue weighted by atomic mass is 16.2. The van der Waals surface area contributed by atoms with Gasteiger partial charge in [-0.2, -0.15) is 0 Å². The molecular weight excluding hydrogens is 422 g/mol. The molecule has 0 unspecified atom stereocenters. The summed E-state index contributed by atoms with van der Waals surface area (Å²) in [6.07, 6.45) is 6.74. The maximum Gasteiger partial charge on any atom is 0.230 e. The summed E-state index contributed by atoms with van der Waals surface area (Å²) in [5, 5.41) is 0. The lowest BCUT2D eigenvalue weighted by Crippen LogP contribution is -2.47. The first-order valence-corrected chi connectivity index (χ1v) is 13.2. The van der Waals surface area contributed by atoms with Crippen LogP contribution in [0.2, 0.25) is 0 Å². The zero-order chi connectivity index (χ0) is 25.0. The van der Waals surface area contributed by atoms with Gasteiger partial charge in [-0.15, -0.1) is 0 Å². The summed E-state index contributed by atoms with van der Waals surface area (Å²) in [5.74, 6) is 0.858. The van der Waals surface area contributed by atoms with Crippen molar-refractivity contribution in [1.82, 2.24) is 14.7 Å². The number of likely N-dealkylation sites (N-methyl/N-ethyl adjacent to an activating group) is 1. The van der Waals surface area contributed by atoms with E-state index in [0.717, 1.165) is 32.5 Å². The van der Waals surface area contributed by atoms with Crippen LogP contribution >= 0.6 is 0 Å². The van der Waals surface area contributed by atoms with Gasteiger partial charge in [0.1, 0.15) is 0 Å². The molecule has 186 valence electrons. The van der Waals surface area contributed by atoms with E-state index >= 15 is 0 Å². The molecule has 1 aromatic rings. The van der Waals surface area contributed by atoms with E-state index in [1.807, 2.05) is 37.5 Å². The van der Waals surface area contributed by atoms with Gasteiger partial charge >= 0.3 is 0 Å². The van der Waals surface area contributed by atoms with Crippen molar-refractivity contribution >= 4 is 23.0 Å². The minimum Gasteiger partial charge on any atom is -0.343 e. The normalized spacial score (nSPS) is 21.0. The fraction of sp³-hybridized carbons (Fsp3) is 0.586. The first kappa shape index (κ1) is 26.2. The summed E-state index contributed by atoms with van der Waals surface area (Å²) in [5.41, 5.74) is 6.27. The molecule has 0 aromatic heterocycles. The molecule has 0 spiro atoms. The largest absolute Gasteiger partial charge is 0.343 e. The second kappa shape index (κ2) is 11.4. The smallest absolute Gasteiger partial charge is 0.230 e. The fourth-order valence-electron chi connectivity index (χ4n) is 5.42. The molecule has 0 bridgehead atoms. The van der Waals surface area contributed by atoms with Crippen molar-refractivity contribution in [3.8, 4) is 0 Å². The molecule has 2 amide bonds. The van der Waals surface area contributed by atoms with Gasteiger partial charge in [-0.05, 0) is 67.5 Å². The molecule has 4 rings (SSSR count). The summed E-state index contributed by atoms with van der Waals surface area (Å²) in [6, 6.07) is 6.70. The summed E-state index contributed by atoms with van der Waals surface area (Å²) in [6.45, 7) is 15.3. The van der Waals surface area contributed by atoms with Gasteiger partial charge in [-0.25, -0.2) is 0 Å². The van der Waals surface area contributed by atoms with Gasteiger partial charge < -0.3 is 9.80 Å². The van der Waals surface area contributed by atoms with Crippen LogP contribution in [-0.2, 0) is 16.1 Å². The van der Waals surface area contributed by atoms with Crippen LogP contribution < -0.4 is 0 Å². The molecule has 1 aliphatic carbocycles. The quantitative estimate of drug-likeness (QED) is 0.564. The van der Waals surface area contributed by atoms with Crippen LogP contribution in [0.1, 0.15) is 77.5 Å². The molecule has 0 saturated carbocycles. The average Bonchev–Trinajstić information content (AvgIpc) is 2.84. The van der Waals surface area contributed by atoms with Gasteiger partial charge in [0.2, 0.25) is 11.8 Å². The lowest BCUT2D eigenvalue weighted by molar-refractivity contribution is -0.134. The Hall–Kier alpha value is -2.40. The standard InChI is InChI=1S/C27H37N3O2.C2H6/c1-6-29(7-2)27(32)21-13-23-22-10-8-9-19-16-30(25(31)12-11-18(3)4)17-20(26(19)22)14-24(23)28(5)15-21;1-2/h8-10,13,17-18,21,24H,6-7,11-12,14-16H2,1-5H3;1-2H3/t21-,24-;/m1./s1. The third-order valence-electron chi connectivity index (χ3n) is 7.25. The molecule has 2 aliphatic heterocycles. The number of hydrogen-bond acceptors (Lipinski definition) is 3. The van der Waals surface area contributed by atoms with E-state index in [1.54, 1.807) is 0 Å². The first-order valence-electron chi connectivity index (χ1n) is 13.2. The SMILES string of the molecule is CC.CCN(CC)C(=O)[C@@H]1C=C2c3cccc4c3C(=CN(C(=O)CCC(C)C)C4)C[C@H]2N(C)C1. The van der Waals surface area contributed by atoms with E-state index in [2.05, 4.69) is 56.3 Å². The molecule has 34 heavy (non-hydrogen) atoms. The van der Waals surface area contributed by atoms with Gasteiger partial charge in [-0.1, -0.05) is 52.0 Å². The van der Waals surface area contributed by atoms with Crippen LogP contribution in [0.5, 0.6) is 0 Å². The van der Waals surface area contributed by atoms with Gasteiger partial charge in [0, 0.05) is 38.3 Å². The molecule has 0 radical (unpaired) electrons. The van der Waals surface area contributed by atoms with Gasteiger partial charge in [0.15, 0.2) is 0 Å². The zero-order valence-corrected chi connectivity index (χ0v) is 22.2. The first-order chi connectivity index (χ1) is 16.3. The lowest BCUT2D eigenvalue weighted by atomic mass is 9.74. The molecule has 0 fully saturated rings. The van der Waals surface area contributed by atoms with E-state index in [9.17, 15) is 9.59 Å². The van der Waals surface area contributed by atoms with Crippen LogP contribution in [-0.4, -0.2) is 59.2 Å². The van der Waals surface area contributed by atoms with E-state index in [-0.39, 0.29) is 23.8 Å². The van der Waals surface area contributed by atoms with Crippen LogP contribution in [0.4, 0.5) is 0 Å². The van der Waals surface area contributed by atoms with Crippen molar-refractivity contribution < 1.29 is 9.59 Å². The summed E-state index contributed by atoms with van der Waals surface area (Å²) >= 11 is 0. The van der Waals surface area contributed by atoms with Crippen molar-refractivity contribution in [2.75, 3.05) is 26.7 Å². The van der Waals surface area contributed by atoms with Crippen molar-refractivity contribution in [2.45, 2.75) is 73.4 Å². The molecule has 1 aromatic carbocycles. The number of carbonyl (C=O) groups excluding carboxylic acids is 2. The number of rotatable bonds is 6. The molecule has 0 saturated heterocycles. The number of carbonyl (C=O) groups is 2. The average molecular weight is 466 g/mol. The second-order valence-electron chi connectivity index (χ2n) is 9.85. The highest BCUT2D eigenvalue weighted by Crippen LogP contribution is 2.46. The van der Waals surface area contributed by atoms with E-state index < -0.39 is 0 Å². The van der Waals surface area contributed by atoms with Crippen molar-refractivity contribution in [2.24, 2.45) is 11.8 Å². The Bertz CT molecular complexity index is 958. The maximum atomic E-state index is 13.1. The van der Waals surface area contributed by atoms with Gasteiger partial charge in [-0.3, -0.25) is 14.5 Å². The van der Waals surface area contributed by atoms with Crippen molar-refractivity contribution in [1.29, 1.82) is 0 Å². The minimum absolute atomic E-state index is 0.106. The molecule has 2 atom stereocenters. The van der Waals surface area contributed by atoms with Crippen molar-refractivity contribution in [3.63, 3.8) is 0 Å². The predicted molar refractivity (Wildman–Crippen MR) is 141 cm³/mol. The Labute approximate surface area is 206 Å². The second-order valence-corrected chi connectivity index (χ2v) is 9.85. The van der Waals surface area contributed by atoms with Crippen LogP contribution in [0.3, 0.4) is 0 Å². The number of nitrogens with zero attached hydrogens (tertiary/aromatic N) is 3. The Morgan fingerprint density at radius 3 is 2.50 bits per heavy atom. The van der Waals surface area contributed by atoms with Gasteiger partial charge in [0.05, 0.1) is 12.5 Å². The zero-order valence-electron chi connectivity index (χ0n) is 22.2. The summed E-state index contributed by atoms with van der Waals surface area (Å²) in [4.78, 5) is 32.2. The van der Waals surface area contributed by atoms with Gasteiger partial charge in [0.25, 0.3) is 0 Å².